The van der Waals surface area contributed by atoms with Gasteiger partial charge in [-0.1, -0.05) is 6.92 Å². The molecule has 0 spiro atoms. The van der Waals surface area contributed by atoms with Gasteiger partial charge in [-0.25, -0.2) is 0 Å². The molecule has 1 saturated heterocycles. The molecule has 0 aromatic carbocycles. The predicted molar refractivity (Wildman–Crippen MR) is 76.8 cm³/mol. The van der Waals surface area contributed by atoms with Crippen molar-refractivity contribution >= 4 is 17.1 Å². The maximum atomic E-state index is 12.6. The summed E-state index contributed by atoms with van der Waals surface area (Å²) in [5.41, 5.74) is -0.608. The van der Waals surface area contributed by atoms with Crippen LogP contribution < -0.4 is 0 Å². The third-order valence-corrected chi connectivity index (χ3v) is 4.86. The Kier molecular flexibility index (Phi) is 5.13. The van der Waals surface area contributed by atoms with Crippen molar-refractivity contribution in [1.82, 2.24) is 0 Å². The molecule has 4 heteroatoms. The van der Waals surface area contributed by atoms with Crippen molar-refractivity contribution in [2.24, 2.45) is 0 Å². The van der Waals surface area contributed by atoms with Crippen LogP contribution in [0.25, 0.3) is 0 Å². The van der Waals surface area contributed by atoms with Crippen LogP contribution in [0.5, 0.6) is 0 Å². The van der Waals surface area contributed by atoms with E-state index < -0.39 is 5.60 Å². The zero-order valence-corrected chi connectivity index (χ0v) is 12.6. The van der Waals surface area contributed by atoms with Crippen LogP contribution in [-0.4, -0.2) is 31.2 Å². The topological polar surface area (TPSA) is 35.5 Å². The lowest BCUT2D eigenvalue weighted by atomic mass is 9.87. The first-order valence-electron chi connectivity index (χ1n) is 7.03. The fourth-order valence-electron chi connectivity index (χ4n) is 2.51. The molecule has 1 fully saturated rings. The Morgan fingerprint density at radius 3 is 2.58 bits per heavy atom. The zero-order chi connectivity index (χ0) is 13.7. The average molecular weight is 282 g/mol. The fraction of sp³-hybridized carbons (Fsp3) is 0.667. The van der Waals surface area contributed by atoms with Gasteiger partial charge in [0.05, 0.1) is 0 Å². The van der Waals surface area contributed by atoms with Crippen LogP contribution in [0.1, 0.15) is 36.4 Å². The molecule has 3 nitrogen and oxygen atoms in total. The molecule has 0 radical (unpaired) electrons. The van der Waals surface area contributed by atoms with Gasteiger partial charge in [0.15, 0.2) is 5.78 Å². The molecule has 2 rings (SSSR count). The molecule has 0 amide bonds. The van der Waals surface area contributed by atoms with E-state index in [9.17, 15) is 4.79 Å². The number of ether oxygens (including phenoxy) is 2. The molecule has 1 aliphatic rings. The maximum Gasteiger partial charge on any atom is 0.169 e. The van der Waals surface area contributed by atoms with Crippen LogP contribution in [-0.2, 0) is 27.1 Å². The fourth-order valence-corrected chi connectivity index (χ4v) is 3.46. The van der Waals surface area contributed by atoms with E-state index in [0.29, 0.717) is 39.1 Å². The van der Waals surface area contributed by atoms with E-state index in [1.165, 1.54) is 4.88 Å². The SMILES string of the molecule is CCOC1(C(=O)Cc2ccc(CC)s2)CCOCC1. The summed E-state index contributed by atoms with van der Waals surface area (Å²) >= 11 is 1.73. The molecular formula is C15H22O3S. The Hall–Kier alpha value is -0.710. The molecule has 0 N–H and O–H groups in total. The highest BCUT2D eigenvalue weighted by atomic mass is 32.1. The smallest absolute Gasteiger partial charge is 0.169 e. The first kappa shape index (κ1) is 14.7. The molecule has 19 heavy (non-hydrogen) atoms. The third kappa shape index (κ3) is 3.44. The van der Waals surface area contributed by atoms with Gasteiger partial charge in [-0.15, -0.1) is 11.3 Å². The van der Waals surface area contributed by atoms with Crippen molar-refractivity contribution < 1.29 is 14.3 Å². The largest absolute Gasteiger partial charge is 0.381 e. The second kappa shape index (κ2) is 6.64. The minimum Gasteiger partial charge on any atom is -0.381 e. The van der Waals surface area contributed by atoms with Gasteiger partial charge in [-0.2, -0.15) is 0 Å². The second-order valence-electron chi connectivity index (χ2n) is 4.86. The number of rotatable bonds is 6. The van der Waals surface area contributed by atoms with Gasteiger partial charge in [0.1, 0.15) is 5.60 Å². The lowest BCUT2D eigenvalue weighted by Gasteiger charge is -2.35. The molecule has 1 aliphatic heterocycles. The van der Waals surface area contributed by atoms with Crippen molar-refractivity contribution in [3.8, 4) is 0 Å². The van der Waals surface area contributed by atoms with Crippen LogP contribution >= 0.6 is 11.3 Å². The van der Waals surface area contributed by atoms with E-state index in [0.717, 1.165) is 11.3 Å². The normalized spacial score (nSPS) is 18.4. The summed E-state index contributed by atoms with van der Waals surface area (Å²) in [5, 5.41) is 0. The lowest BCUT2D eigenvalue weighted by molar-refractivity contribution is -0.156. The average Bonchev–Trinajstić information content (AvgIpc) is 2.88. The molecule has 0 atom stereocenters. The van der Waals surface area contributed by atoms with Crippen LogP contribution in [0.4, 0.5) is 0 Å². The second-order valence-corrected chi connectivity index (χ2v) is 6.11. The van der Waals surface area contributed by atoms with Crippen molar-refractivity contribution in [3.05, 3.63) is 21.9 Å². The van der Waals surface area contributed by atoms with E-state index >= 15 is 0 Å². The van der Waals surface area contributed by atoms with Crippen LogP contribution in [0, 0.1) is 0 Å². The summed E-state index contributed by atoms with van der Waals surface area (Å²) in [7, 11) is 0. The number of aryl methyl sites for hydroxylation is 1. The van der Waals surface area contributed by atoms with Crippen LogP contribution in [0.3, 0.4) is 0 Å². The van der Waals surface area contributed by atoms with Crippen LogP contribution in [0.2, 0.25) is 0 Å². The number of carbonyl (C=O) groups is 1. The summed E-state index contributed by atoms with van der Waals surface area (Å²) in [5.74, 6) is 0.210. The maximum absolute atomic E-state index is 12.6. The molecule has 106 valence electrons. The first-order chi connectivity index (χ1) is 9.20. The lowest BCUT2D eigenvalue weighted by Crippen LogP contribution is -2.47. The highest BCUT2D eigenvalue weighted by Gasteiger charge is 2.40. The first-order valence-corrected chi connectivity index (χ1v) is 7.84. The van der Waals surface area contributed by atoms with Gasteiger partial charge in [0, 0.05) is 48.8 Å². The monoisotopic (exact) mass is 282 g/mol. The molecule has 2 heterocycles. The molecule has 0 aliphatic carbocycles. The molecule has 0 saturated carbocycles. The highest BCUT2D eigenvalue weighted by Crippen LogP contribution is 2.29. The van der Waals surface area contributed by atoms with Gasteiger partial charge in [-0.05, 0) is 25.5 Å². The third-order valence-electron chi connectivity index (χ3n) is 3.63. The predicted octanol–water partition coefficient (Wildman–Crippen LogP) is 3.01. The van der Waals surface area contributed by atoms with Crippen molar-refractivity contribution in [3.63, 3.8) is 0 Å². The Morgan fingerprint density at radius 2 is 2.00 bits per heavy atom. The highest BCUT2D eigenvalue weighted by molar-refractivity contribution is 7.12. The summed E-state index contributed by atoms with van der Waals surface area (Å²) in [6.07, 6.45) is 2.89. The Balaban J connectivity index is 2.06. The standard InChI is InChI=1S/C15H22O3S/c1-3-12-5-6-13(19-12)11-14(16)15(18-4-2)7-9-17-10-8-15/h5-6H,3-4,7-11H2,1-2H3. The van der Waals surface area contributed by atoms with E-state index in [4.69, 9.17) is 9.47 Å². The van der Waals surface area contributed by atoms with Crippen molar-refractivity contribution in [2.75, 3.05) is 19.8 Å². The Morgan fingerprint density at radius 1 is 1.32 bits per heavy atom. The summed E-state index contributed by atoms with van der Waals surface area (Å²) in [4.78, 5) is 15.1. The minimum absolute atomic E-state index is 0.210. The van der Waals surface area contributed by atoms with E-state index in [-0.39, 0.29) is 5.78 Å². The molecular weight excluding hydrogens is 260 g/mol. The number of ketones is 1. The van der Waals surface area contributed by atoms with Gasteiger partial charge in [-0.3, -0.25) is 4.79 Å². The summed E-state index contributed by atoms with van der Waals surface area (Å²) in [6.45, 7) is 5.91. The zero-order valence-electron chi connectivity index (χ0n) is 11.7. The molecule has 1 aromatic rings. The van der Waals surface area contributed by atoms with Gasteiger partial charge in [0.25, 0.3) is 0 Å². The van der Waals surface area contributed by atoms with E-state index in [1.807, 2.05) is 6.92 Å². The quantitative estimate of drug-likeness (QED) is 0.804. The minimum atomic E-state index is -0.608. The van der Waals surface area contributed by atoms with E-state index in [1.54, 1.807) is 11.3 Å². The Labute approximate surface area is 118 Å². The molecule has 0 unspecified atom stereocenters. The molecule has 1 aromatic heterocycles. The number of hydrogen-bond acceptors (Lipinski definition) is 4. The van der Waals surface area contributed by atoms with Crippen LogP contribution in [0.15, 0.2) is 12.1 Å². The van der Waals surface area contributed by atoms with Crippen molar-refractivity contribution in [1.29, 1.82) is 0 Å². The van der Waals surface area contributed by atoms with Crippen molar-refractivity contribution in [2.45, 2.75) is 45.1 Å². The number of hydrogen-bond donors (Lipinski definition) is 0. The van der Waals surface area contributed by atoms with Gasteiger partial charge >= 0.3 is 0 Å². The summed E-state index contributed by atoms with van der Waals surface area (Å²) < 4.78 is 11.2. The van der Waals surface area contributed by atoms with Gasteiger partial charge < -0.3 is 9.47 Å². The Bertz CT molecular complexity index is 413. The number of Topliss-reactive ketones (excluding diaryl/α,β-unsaturated/α-hetero) is 1. The molecule has 0 bridgehead atoms. The number of thiophene rings is 1. The van der Waals surface area contributed by atoms with Gasteiger partial charge in [0.2, 0.25) is 0 Å². The summed E-state index contributed by atoms with van der Waals surface area (Å²) in [6, 6.07) is 4.19. The van der Waals surface area contributed by atoms with E-state index in [2.05, 4.69) is 19.1 Å². The number of carbonyl (C=O) groups excluding carboxylic acids is 1.